The van der Waals surface area contributed by atoms with Crippen molar-refractivity contribution in [2.45, 2.75) is 20.0 Å². The molecule has 3 rings (SSSR count). The molecule has 0 saturated heterocycles. The normalized spacial score (nSPS) is 12.0. The van der Waals surface area contributed by atoms with Gasteiger partial charge in [0.25, 0.3) is 0 Å². The highest BCUT2D eigenvalue weighted by Gasteiger charge is 2.25. The van der Waals surface area contributed by atoms with Gasteiger partial charge < -0.3 is 13.9 Å². The summed E-state index contributed by atoms with van der Waals surface area (Å²) in [6, 6.07) is 14.0. The summed E-state index contributed by atoms with van der Waals surface area (Å²) in [7, 11) is 1.57. The minimum absolute atomic E-state index is 0.0935. The molecule has 1 unspecified atom stereocenters. The SMILES string of the molecule is COc1ccc2oc(C(=O)OC(C)C(=O)c3ccccc3)c(C)c2c1. The number of esters is 1. The highest BCUT2D eigenvalue weighted by atomic mass is 16.6. The van der Waals surface area contributed by atoms with Crippen LogP contribution in [0.15, 0.2) is 52.9 Å². The van der Waals surface area contributed by atoms with E-state index >= 15 is 0 Å². The van der Waals surface area contributed by atoms with E-state index in [1.807, 2.05) is 6.07 Å². The molecule has 1 heterocycles. The lowest BCUT2D eigenvalue weighted by atomic mass is 10.1. The fourth-order valence-corrected chi connectivity index (χ4v) is 2.63. The lowest BCUT2D eigenvalue weighted by Crippen LogP contribution is -2.24. The summed E-state index contributed by atoms with van der Waals surface area (Å²) in [6.45, 7) is 3.32. The molecule has 128 valence electrons. The topological polar surface area (TPSA) is 65.7 Å². The first-order valence-corrected chi connectivity index (χ1v) is 7.88. The number of carbonyl (C=O) groups excluding carboxylic acids is 2. The number of hydrogen-bond donors (Lipinski definition) is 0. The monoisotopic (exact) mass is 338 g/mol. The number of Topliss-reactive ketones (excluding diaryl/α,β-unsaturated/α-hetero) is 1. The Bertz CT molecular complexity index is 924. The molecule has 0 fully saturated rings. The Morgan fingerprint density at radius 3 is 2.48 bits per heavy atom. The number of rotatable bonds is 5. The van der Waals surface area contributed by atoms with E-state index in [0.717, 1.165) is 5.39 Å². The van der Waals surface area contributed by atoms with Crippen molar-refractivity contribution in [3.63, 3.8) is 0 Å². The van der Waals surface area contributed by atoms with Crippen LogP contribution in [0.4, 0.5) is 0 Å². The summed E-state index contributed by atoms with van der Waals surface area (Å²) in [4.78, 5) is 24.8. The average molecular weight is 338 g/mol. The van der Waals surface area contributed by atoms with E-state index in [0.29, 0.717) is 22.5 Å². The van der Waals surface area contributed by atoms with Gasteiger partial charge in [-0.25, -0.2) is 4.79 Å². The first-order chi connectivity index (χ1) is 12.0. The van der Waals surface area contributed by atoms with E-state index < -0.39 is 12.1 Å². The molecule has 0 aliphatic heterocycles. The zero-order chi connectivity index (χ0) is 18.0. The van der Waals surface area contributed by atoms with Crippen LogP contribution in [0.3, 0.4) is 0 Å². The van der Waals surface area contributed by atoms with E-state index in [4.69, 9.17) is 13.9 Å². The maximum Gasteiger partial charge on any atom is 0.375 e. The van der Waals surface area contributed by atoms with Gasteiger partial charge in [0, 0.05) is 16.5 Å². The molecule has 1 atom stereocenters. The number of carbonyl (C=O) groups is 2. The lowest BCUT2D eigenvalue weighted by molar-refractivity contribution is 0.0290. The zero-order valence-electron chi connectivity index (χ0n) is 14.2. The van der Waals surface area contributed by atoms with Crippen molar-refractivity contribution < 1.29 is 23.5 Å². The smallest absolute Gasteiger partial charge is 0.375 e. The predicted octanol–water partition coefficient (Wildman–Crippen LogP) is 4.18. The molecule has 0 aliphatic rings. The minimum Gasteiger partial charge on any atom is -0.497 e. The largest absolute Gasteiger partial charge is 0.497 e. The molecule has 0 N–H and O–H groups in total. The molecular weight excluding hydrogens is 320 g/mol. The number of aryl methyl sites for hydroxylation is 1. The molecule has 2 aromatic carbocycles. The van der Waals surface area contributed by atoms with Gasteiger partial charge in [0.05, 0.1) is 7.11 Å². The second-order valence-electron chi connectivity index (χ2n) is 5.70. The number of benzene rings is 2. The third-order valence-corrected chi connectivity index (χ3v) is 4.04. The van der Waals surface area contributed by atoms with Crippen molar-refractivity contribution in [2.75, 3.05) is 7.11 Å². The summed E-state index contributed by atoms with van der Waals surface area (Å²) in [5.74, 6) is -0.159. The van der Waals surface area contributed by atoms with E-state index in [2.05, 4.69) is 0 Å². The highest BCUT2D eigenvalue weighted by molar-refractivity contribution is 6.02. The molecule has 5 nitrogen and oxygen atoms in total. The number of hydrogen-bond acceptors (Lipinski definition) is 5. The van der Waals surface area contributed by atoms with Crippen LogP contribution < -0.4 is 4.74 Å². The van der Waals surface area contributed by atoms with Crippen molar-refractivity contribution in [2.24, 2.45) is 0 Å². The van der Waals surface area contributed by atoms with E-state index in [1.165, 1.54) is 0 Å². The van der Waals surface area contributed by atoms with Gasteiger partial charge in [-0.3, -0.25) is 4.79 Å². The fraction of sp³-hybridized carbons (Fsp3) is 0.200. The van der Waals surface area contributed by atoms with Crippen LogP contribution in [0.25, 0.3) is 11.0 Å². The Morgan fingerprint density at radius 1 is 1.08 bits per heavy atom. The van der Waals surface area contributed by atoms with E-state index in [-0.39, 0.29) is 11.5 Å². The zero-order valence-corrected chi connectivity index (χ0v) is 14.2. The van der Waals surface area contributed by atoms with Crippen LogP contribution in [-0.2, 0) is 4.74 Å². The summed E-state index contributed by atoms with van der Waals surface area (Å²) >= 11 is 0. The molecule has 0 aliphatic carbocycles. The van der Waals surface area contributed by atoms with Crippen molar-refractivity contribution in [1.82, 2.24) is 0 Å². The standard InChI is InChI=1S/C20H18O5/c1-12-16-11-15(23-3)9-10-17(16)25-19(12)20(22)24-13(2)18(21)14-7-5-4-6-8-14/h4-11,13H,1-3H3. The first-order valence-electron chi connectivity index (χ1n) is 7.88. The Kier molecular flexibility index (Phi) is 4.57. The number of fused-ring (bicyclic) bond motifs is 1. The third-order valence-electron chi connectivity index (χ3n) is 4.04. The number of ether oxygens (including phenoxy) is 2. The van der Waals surface area contributed by atoms with E-state index in [1.54, 1.807) is 63.4 Å². The molecule has 3 aromatic rings. The number of methoxy groups -OCH3 is 1. The highest BCUT2D eigenvalue weighted by Crippen LogP contribution is 2.29. The predicted molar refractivity (Wildman–Crippen MR) is 93.2 cm³/mol. The Hall–Kier alpha value is -3.08. The van der Waals surface area contributed by atoms with Crippen LogP contribution in [0, 0.1) is 6.92 Å². The maximum absolute atomic E-state index is 12.4. The molecular formula is C20H18O5. The number of furan rings is 1. The van der Waals surface area contributed by atoms with Crippen LogP contribution >= 0.6 is 0 Å². The fourth-order valence-electron chi connectivity index (χ4n) is 2.63. The quantitative estimate of drug-likeness (QED) is 0.516. The molecule has 5 heteroatoms. The molecule has 0 saturated carbocycles. The van der Waals surface area contributed by atoms with Crippen LogP contribution in [0.5, 0.6) is 5.75 Å². The third kappa shape index (κ3) is 3.26. The molecule has 0 spiro atoms. The first kappa shape index (κ1) is 16.8. The number of ketones is 1. The second-order valence-corrected chi connectivity index (χ2v) is 5.70. The molecule has 1 aromatic heterocycles. The van der Waals surface area contributed by atoms with E-state index in [9.17, 15) is 9.59 Å². The lowest BCUT2D eigenvalue weighted by Gasteiger charge is -2.11. The Labute approximate surface area is 145 Å². The van der Waals surface area contributed by atoms with Crippen LogP contribution in [-0.4, -0.2) is 25.0 Å². The van der Waals surface area contributed by atoms with Gasteiger partial charge in [-0.05, 0) is 32.0 Å². The molecule has 0 amide bonds. The van der Waals surface area contributed by atoms with Gasteiger partial charge in [-0.2, -0.15) is 0 Å². The minimum atomic E-state index is -0.906. The summed E-state index contributed by atoms with van der Waals surface area (Å²) in [6.07, 6.45) is -0.906. The van der Waals surface area contributed by atoms with Crippen molar-refractivity contribution in [1.29, 1.82) is 0 Å². The van der Waals surface area contributed by atoms with Crippen molar-refractivity contribution >= 4 is 22.7 Å². The van der Waals surface area contributed by atoms with Gasteiger partial charge in [0.15, 0.2) is 6.10 Å². The van der Waals surface area contributed by atoms with Gasteiger partial charge in [-0.15, -0.1) is 0 Å². The molecule has 0 bridgehead atoms. The van der Waals surface area contributed by atoms with Gasteiger partial charge >= 0.3 is 5.97 Å². The summed E-state index contributed by atoms with van der Waals surface area (Å²) in [5, 5.41) is 0.772. The summed E-state index contributed by atoms with van der Waals surface area (Å²) < 4.78 is 16.1. The van der Waals surface area contributed by atoms with Crippen LogP contribution in [0.1, 0.15) is 33.4 Å². The van der Waals surface area contributed by atoms with Gasteiger partial charge in [0.1, 0.15) is 11.3 Å². The second kappa shape index (κ2) is 6.81. The maximum atomic E-state index is 12.4. The molecule has 0 radical (unpaired) electrons. The van der Waals surface area contributed by atoms with Crippen molar-refractivity contribution in [3.8, 4) is 5.75 Å². The van der Waals surface area contributed by atoms with Crippen LogP contribution in [0.2, 0.25) is 0 Å². The summed E-state index contributed by atoms with van der Waals surface area (Å²) in [5.41, 5.74) is 1.71. The average Bonchev–Trinajstić information content (AvgIpc) is 2.98. The van der Waals surface area contributed by atoms with Crippen molar-refractivity contribution in [3.05, 3.63) is 65.4 Å². The van der Waals surface area contributed by atoms with Gasteiger partial charge in [-0.1, -0.05) is 30.3 Å². The van der Waals surface area contributed by atoms with Gasteiger partial charge in [0.2, 0.25) is 11.5 Å². The Balaban J connectivity index is 1.82. The molecule has 25 heavy (non-hydrogen) atoms. The Morgan fingerprint density at radius 2 is 1.80 bits per heavy atom.